The van der Waals surface area contributed by atoms with Crippen molar-refractivity contribution in [2.75, 3.05) is 80.7 Å². The summed E-state index contributed by atoms with van der Waals surface area (Å²) in [6.07, 6.45) is 1.91. The third-order valence-electron chi connectivity index (χ3n) is 8.36. The van der Waals surface area contributed by atoms with E-state index in [1.807, 2.05) is 0 Å². The third-order valence-corrected chi connectivity index (χ3v) is 8.98. The lowest BCUT2D eigenvalue weighted by molar-refractivity contribution is -0.432. The Morgan fingerprint density at radius 3 is 1.96 bits per heavy atom. The number of nitrogens with one attached hydrogen (secondary N) is 4. The molecule has 0 saturated heterocycles. The zero-order valence-electron chi connectivity index (χ0n) is 30.3. The molecular formula is C35H49N11O5S. The van der Waals surface area contributed by atoms with Gasteiger partial charge in [-0.25, -0.2) is 5.26 Å². The van der Waals surface area contributed by atoms with Gasteiger partial charge in [-0.1, -0.05) is 38.8 Å². The Kier molecular flexibility index (Phi) is 16.2. The molecule has 0 aliphatic carbocycles. The second-order valence-electron chi connectivity index (χ2n) is 11.6. The van der Waals surface area contributed by atoms with Crippen molar-refractivity contribution in [3.05, 3.63) is 54.1 Å². The lowest BCUT2D eigenvalue weighted by Crippen LogP contribution is -2.26. The number of amides is 1. The number of carbonyl (C=O) groups is 1. The van der Waals surface area contributed by atoms with E-state index in [9.17, 15) is 9.90 Å². The molecule has 1 amide bonds. The van der Waals surface area contributed by atoms with Crippen LogP contribution in [0.3, 0.4) is 0 Å². The van der Waals surface area contributed by atoms with Crippen LogP contribution in [0.15, 0.2) is 63.7 Å². The fraction of sp³-hybridized carbons (Fsp3) is 0.429. The molecule has 52 heavy (non-hydrogen) atoms. The van der Waals surface area contributed by atoms with E-state index in [0.29, 0.717) is 62.5 Å². The maximum absolute atomic E-state index is 13.2. The number of hydrogen-bond donors (Lipinski definition) is 6. The van der Waals surface area contributed by atoms with E-state index >= 15 is 0 Å². The number of nitrogens with zero attached hydrogens (tertiary/aromatic N) is 7. The molecule has 6 N–H and O–H groups in total. The summed E-state index contributed by atoms with van der Waals surface area (Å²) in [7, 11) is 1.46. The molecule has 0 unspecified atom stereocenters. The smallest absolute Gasteiger partial charge is 0.255 e. The summed E-state index contributed by atoms with van der Waals surface area (Å²) >= 11 is 0.662. The number of phenols is 1. The molecule has 4 rings (SSSR count). The van der Waals surface area contributed by atoms with Crippen LogP contribution in [0, 0.1) is 0 Å². The first-order chi connectivity index (χ1) is 25.3. The first-order valence-electron chi connectivity index (χ1n) is 17.4. The summed E-state index contributed by atoms with van der Waals surface area (Å²) in [4.78, 5) is 32.1. The maximum atomic E-state index is 13.2. The van der Waals surface area contributed by atoms with Crippen molar-refractivity contribution in [1.82, 2.24) is 24.8 Å². The quantitative estimate of drug-likeness (QED) is 0.0157. The summed E-state index contributed by atoms with van der Waals surface area (Å²) < 4.78 is 4.53. The Morgan fingerprint density at radius 1 is 0.827 bits per heavy atom. The van der Waals surface area contributed by atoms with Crippen LogP contribution in [-0.2, 0) is 9.37 Å². The number of fused-ring (bicyclic) bond motifs is 1. The average molecular weight is 736 g/mol. The SMILES string of the molecule is CCN(CC)CCCNc1nc(NCCCN(CC)CC)nc(Nc2ccc(C(=O)Nc3ccc4cc(SOOO)c(N=NC)c(O)c4c3)cc2)n1. The maximum Gasteiger partial charge on any atom is 0.255 e. The lowest BCUT2D eigenvalue weighted by atomic mass is 10.1. The van der Waals surface area contributed by atoms with Gasteiger partial charge in [-0.3, -0.25) is 4.79 Å². The lowest BCUT2D eigenvalue weighted by Gasteiger charge is -2.18. The van der Waals surface area contributed by atoms with Crippen molar-refractivity contribution in [1.29, 1.82) is 0 Å². The summed E-state index contributed by atoms with van der Waals surface area (Å²) in [6, 6.07) is 13.7. The van der Waals surface area contributed by atoms with Crippen molar-refractivity contribution in [3.63, 3.8) is 0 Å². The molecule has 280 valence electrons. The topological polar surface area (TPSA) is 194 Å². The van der Waals surface area contributed by atoms with Gasteiger partial charge in [0.15, 0.2) is 5.75 Å². The number of azo groups is 1. The normalized spacial score (nSPS) is 11.5. The van der Waals surface area contributed by atoms with Crippen molar-refractivity contribution in [2.24, 2.45) is 10.2 Å². The highest BCUT2D eigenvalue weighted by Gasteiger charge is 2.16. The molecule has 0 atom stereocenters. The molecule has 0 bridgehead atoms. The largest absolute Gasteiger partial charge is 0.505 e. The fourth-order valence-electron chi connectivity index (χ4n) is 5.44. The van der Waals surface area contributed by atoms with Crippen LogP contribution in [0.25, 0.3) is 10.8 Å². The van der Waals surface area contributed by atoms with Crippen LogP contribution in [-0.4, -0.2) is 100 Å². The highest BCUT2D eigenvalue weighted by molar-refractivity contribution is 7.94. The Labute approximate surface area is 308 Å². The van der Waals surface area contributed by atoms with Gasteiger partial charge in [0.2, 0.25) is 17.8 Å². The van der Waals surface area contributed by atoms with Crippen LogP contribution < -0.4 is 21.3 Å². The fourth-order valence-corrected chi connectivity index (χ4v) is 5.94. The number of aromatic hydroxyl groups is 1. The monoisotopic (exact) mass is 735 g/mol. The van der Waals surface area contributed by atoms with Gasteiger partial charge in [-0.2, -0.15) is 25.2 Å². The van der Waals surface area contributed by atoms with Crippen LogP contribution in [0.5, 0.6) is 5.75 Å². The summed E-state index contributed by atoms with van der Waals surface area (Å²) in [6.45, 7) is 16.1. The first-order valence-corrected chi connectivity index (χ1v) is 18.2. The summed E-state index contributed by atoms with van der Waals surface area (Å²) in [5.41, 5.74) is 1.70. The van der Waals surface area contributed by atoms with Crippen LogP contribution in [0.1, 0.15) is 50.9 Å². The molecule has 1 heterocycles. The van der Waals surface area contributed by atoms with Gasteiger partial charge in [0.05, 0.1) is 16.9 Å². The minimum Gasteiger partial charge on any atom is -0.505 e. The number of hydrogen-bond acceptors (Lipinski definition) is 16. The predicted molar refractivity (Wildman–Crippen MR) is 206 cm³/mol. The van der Waals surface area contributed by atoms with Crippen molar-refractivity contribution >= 4 is 63.6 Å². The van der Waals surface area contributed by atoms with Crippen LogP contribution in [0.4, 0.5) is 34.9 Å². The number of anilines is 5. The van der Waals surface area contributed by atoms with Crippen LogP contribution >= 0.6 is 12.0 Å². The minimum absolute atomic E-state index is 0.123. The van der Waals surface area contributed by atoms with Gasteiger partial charge in [0, 0.05) is 42.5 Å². The van der Waals surface area contributed by atoms with Gasteiger partial charge in [-0.15, -0.1) is 4.33 Å². The molecule has 0 aliphatic rings. The van der Waals surface area contributed by atoms with E-state index in [1.165, 1.54) is 7.05 Å². The molecule has 0 fully saturated rings. The van der Waals surface area contributed by atoms with E-state index in [4.69, 9.17) is 5.26 Å². The second kappa shape index (κ2) is 21.0. The molecule has 1 aromatic heterocycles. The molecule has 17 heteroatoms. The van der Waals surface area contributed by atoms with E-state index in [0.717, 1.165) is 65.2 Å². The molecule has 3 aromatic carbocycles. The van der Waals surface area contributed by atoms with Crippen molar-refractivity contribution in [2.45, 2.75) is 45.4 Å². The zero-order valence-corrected chi connectivity index (χ0v) is 31.2. The molecule has 0 saturated carbocycles. The molecule has 0 aliphatic heterocycles. The van der Waals surface area contributed by atoms with Gasteiger partial charge >= 0.3 is 0 Å². The number of benzene rings is 3. The Bertz CT molecular complexity index is 1720. The standard InChI is InChI=1S/C35H49N11O5S/c1-6-45(7-2)20-10-18-37-33-41-34(38-19-11-21-46(8-3)9-4)43-35(42-33)40-26-15-12-24(13-16-26)32(48)39-27-17-14-25-22-29(52-51-50-49)30(44-36-5)31(47)28(25)23-27/h12-17,22-23,47,49H,6-11,18-21H2,1-5H3,(H,39,48)(H3,37,38,40,41,42,43). The molecule has 0 radical (unpaired) electrons. The van der Waals surface area contributed by atoms with Crippen LogP contribution in [0.2, 0.25) is 0 Å². The number of rotatable bonds is 22. The number of aromatic nitrogens is 3. The number of carbonyl (C=O) groups excluding carboxylic acids is 1. The molecule has 16 nitrogen and oxygen atoms in total. The molecule has 4 aromatic rings. The van der Waals surface area contributed by atoms with E-state index in [2.05, 4.69) is 93.3 Å². The van der Waals surface area contributed by atoms with Crippen molar-refractivity contribution < 1.29 is 24.5 Å². The van der Waals surface area contributed by atoms with Gasteiger partial charge in [0.1, 0.15) is 5.69 Å². The van der Waals surface area contributed by atoms with Gasteiger partial charge < -0.3 is 36.2 Å². The van der Waals surface area contributed by atoms with Gasteiger partial charge in [0.25, 0.3) is 5.91 Å². The predicted octanol–water partition coefficient (Wildman–Crippen LogP) is 7.16. The minimum atomic E-state index is -0.341. The average Bonchev–Trinajstić information content (AvgIpc) is 3.16. The molecular weight excluding hydrogens is 687 g/mol. The van der Waals surface area contributed by atoms with Gasteiger partial charge in [-0.05, 0) is 100.0 Å². The van der Waals surface area contributed by atoms with Crippen molar-refractivity contribution in [3.8, 4) is 5.75 Å². The Hall–Kier alpha value is -4.65. The summed E-state index contributed by atoms with van der Waals surface area (Å²) in [5.74, 6) is 0.820. The highest BCUT2D eigenvalue weighted by atomic mass is 32.2. The Morgan fingerprint density at radius 2 is 1.40 bits per heavy atom. The third kappa shape index (κ3) is 11.7. The summed E-state index contributed by atoms with van der Waals surface area (Å²) in [5, 5.41) is 44.8. The van der Waals surface area contributed by atoms with E-state index < -0.39 is 0 Å². The highest BCUT2D eigenvalue weighted by Crippen LogP contribution is 2.44. The second-order valence-corrected chi connectivity index (χ2v) is 12.4. The zero-order chi connectivity index (χ0) is 37.3. The number of phenolic OH excluding ortho intramolecular Hbond substituents is 1. The van der Waals surface area contributed by atoms with E-state index in [-0.39, 0.29) is 17.3 Å². The van der Waals surface area contributed by atoms with E-state index in [1.54, 1.807) is 48.5 Å². The first kappa shape index (κ1) is 40.1. The molecule has 0 spiro atoms. The Balaban J connectivity index is 1.45.